The van der Waals surface area contributed by atoms with Crippen LogP contribution in [0.4, 0.5) is 0 Å². The number of esters is 3. The van der Waals surface area contributed by atoms with Gasteiger partial charge in [-0.15, -0.1) is 0 Å². The lowest BCUT2D eigenvalue weighted by Crippen LogP contribution is -2.30. The Labute approximate surface area is 294 Å². The van der Waals surface area contributed by atoms with Crippen LogP contribution in [0.15, 0.2) is 83.9 Å². The van der Waals surface area contributed by atoms with E-state index in [0.29, 0.717) is 29.9 Å². The Morgan fingerprint density at radius 2 is 1.56 bits per heavy atom. The van der Waals surface area contributed by atoms with Crippen molar-refractivity contribution >= 4 is 29.4 Å². The number of aliphatic hydroxyl groups is 1. The number of rotatable bonds is 19. The third-order valence-corrected chi connectivity index (χ3v) is 8.01. The van der Waals surface area contributed by atoms with Gasteiger partial charge in [0.05, 0.1) is 31.2 Å². The number of ether oxygens (including phenoxy) is 4. The number of hydrogen-bond acceptors (Lipinski definition) is 10. The number of hydrogen-bond donors (Lipinski definition) is 1. The van der Waals surface area contributed by atoms with Crippen molar-refractivity contribution in [1.82, 2.24) is 0 Å². The third-order valence-electron chi connectivity index (χ3n) is 8.01. The lowest BCUT2D eigenvalue weighted by Gasteiger charge is -2.24. The number of Topliss-reactive ketones (excluding diaryl/α,β-unsaturated/α-hetero) is 1. The van der Waals surface area contributed by atoms with Crippen LogP contribution in [0, 0.1) is 0 Å². The van der Waals surface area contributed by atoms with Gasteiger partial charge in [-0.2, -0.15) is 0 Å². The van der Waals surface area contributed by atoms with Crippen LogP contribution in [0.3, 0.4) is 0 Å². The van der Waals surface area contributed by atoms with E-state index < -0.39 is 23.3 Å². The zero-order chi connectivity index (χ0) is 36.7. The molecule has 0 spiro atoms. The van der Waals surface area contributed by atoms with Crippen molar-refractivity contribution in [3.63, 3.8) is 0 Å². The molecule has 2 atom stereocenters. The normalized spacial score (nSPS) is 14.6. The molecular weight excluding hydrogens is 638 g/mol. The highest BCUT2D eigenvalue weighted by Crippen LogP contribution is 2.34. The molecule has 0 saturated carbocycles. The first-order chi connectivity index (χ1) is 23.8. The fourth-order valence-electron chi connectivity index (χ4n) is 5.15. The highest BCUT2D eigenvalue weighted by Gasteiger charge is 2.26. The number of nitrogens with zero attached hydrogens (tertiary/aromatic N) is 1. The van der Waals surface area contributed by atoms with E-state index in [1.54, 1.807) is 37.3 Å². The summed E-state index contributed by atoms with van der Waals surface area (Å²) in [6.07, 6.45) is 9.82. The van der Waals surface area contributed by atoms with E-state index in [2.05, 4.69) is 13.5 Å². The quantitative estimate of drug-likeness (QED) is 0.0728. The predicted molar refractivity (Wildman–Crippen MR) is 192 cm³/mol. The number of benzene rings is 2. The summed E-state index contributed by atoms with van der Waals surface area (Å²) < 4.78 is 21.9. The number of carbonyl (C=O) groups is 4. The molecular formula is C40H49NO9. The summed E-state index contributed by atoms with van der Waals surface area (Å²) in [6, 6.07) is 11.7. The van der Waals surface area contributed by atoms with Crippen LogP contribution in [-0.4, -0.2) is 66.0 Å². The second-order valence-corrected chi connectivity index (χ2v) is 12.6. The van der Waals surface area contributed by atoms with E-state index in [1.165, 1.54) is 13.8 Å². The largest absolute Gasteiger partial charge is 0.490 e. The standard InChI is InChI=1S/C40H49NO9/c1-7-11-34(41-33-13-10-9-12-27(33)3)28(4)32-26-29(22-23-48-36(42)8-2)14-19-35(32)50-38(44)21-20-37(43)49-25-24-47-31-17-15-30(16-18-31)39(45)40(5,6)46/h9-10,12-19,26,28,34,46H,3,7-8,11,20-25H2,1-2,4-6H3/b41-33-. The summed E-state index contributed by atoms with van der Waals surface area (Å²) >= 11 is 0. The maximum Gasteiger partial charge on any atom is 0.311 e. The van der Waals surface area contributed by atoms with Crippen molar-refractivity contribution < 1.29 is 43.2 Å². The molecule has 0 saturated heterocycles. The SMILES string of the molecule is C=C1C=CC=C/C1=N/C(CCC)C(C)c1cc(CCOC(=O)CC)ccc1OC(=O)CCC(=O)OCCOc1ccc(C(=O)C(C)(C)O)cc1. The molecule has 268 valence electrons. The Morgan fingerprint density at radius 1 is 0.880 bits per heavy atom. The van der Waals surface area contributed by atoms with Gasteiger partial charge in [0.2, 0.25) is 0 Å². The highest BCUT2D eigenvalue weighted by atomic mass is 16.6. The summed E-state index contributed by atoms with van der Waals surface area (Å²) in [6.45, 7) is 13.1. The lowest BCUT2D eigenvalue weighted by molar-refractivity contribution is -0.147. The van der Waals surface area contributed by atoms with Gasteiger partial charge in [-0.1, -0.05) is 64.1 Å². The Balaban J connectivity index is 1.61. The molecule has 10 nitrogen and oxygen atoms in total. The van der Waals surface area contributed by atoms with E-state index >= 15 is 0 Å². The summed E-state index contributed by atoms with van der Waals surface area (Å²) in [5, 5.41) is 9.89. The average molecular weight is 688 g/mol. The molecule has 2 unspecified atom stereocenters. The van der Waals surface area contributed by atoms with Gasteiger partial charge < -0.3 is 24.1 Å². The minimum Gasteiger partial charge on any atom is -0.490 e. The van der Waals surface area contributed by atoms with Crippen LogP contribution in [0.1, 0.15) is 94.1 Å². The average Bonchev–Trinajstić information content (AvgIpc) is 3.09. The Kier molecular flexibility index (Phi) is 15.4. The first-order valence-corrected chi connectivity index (χ1v) is 17.1. The summed E-state index contributed by atoms with van der Waals surface area (Å²) in [7, 11) is 0. The minimum atomic E-state index is -1.48. The molecule has 2 aromatic carbocycles. The molecule has 0 heterocycles. The van der Waals surface area contributed by atoms with E-state index in [0.717, 1.165) is 35.3 Å². The molecule has 0 aromatic heterocycles. The summed E-state index contributed by atoms with van der Waals surface area (Å²) in [5.74, 6) is -1.11. The minimum absolute atomic E-state index is 0.0341. The molecule has 0 radical (unpaired) electrons. The highest BCUT2D eigenvalue weighted by molar-refractivity contribution is 6.11. The zero-order valence-electron chi connectivity index (χ0n) is 29.7. The second-order valence-electron chi connectivity index (χ2n) is 12.6. The van der Waals surface area contributed by atoms with Gasteiger partial charge in [0.15, 0.2) is 5.78 Å². The van der Waals surface area contributed by atoms with Crippen LogP contribution in [0.5, 0.6) is 11.5 Å². The summed E-state index contributed by atoms with van der Waals surface area (Å²) in [4.78, 5) is 54.2. The van der Waals surface area contributed by atoms with Crippen LogP contribution in [0.2, 0.25) is 0 Å². The van der Waals surface area contributed by atoms with Gasteiger partial charge in [0, 0.05) is 29.9 Å². The number of ketones is 1. The van der Waals surface area contributed by atoms with Gasteiger partial charge in [-0.25, -0.2) is 0 Å². The van der Waals surface area contributed by atoms with Crippen molar-refractivity contribution in [1.29, 1.82) is 0 Å². The van der Waals surface area contributed by atoms with Gasteiger partial charge in [0.25, 0.3) is 0 Å². The van der Waals surface area contributed by atoms with Crippen molar-refractivity contribution in [2.24, 2.45) is 4.99 Å². The van der Waals surface area contributed by atoms with Crippen molar-refractivity contribution in [3.8, 4) is 11.5 Å². The maximum absolute atomic E-state index is 13.0. The topological polar surface area (TPSA) is 138 Å². The molecule has 1 aliphatic rings. The third kappa shape index (κ3) is 12.6. The number of aliphatic imine (C=N–C) groups is 1. The van der Waals surface area contributed by atoms with Crippen LogP contribution in [-0.2, 0) is 30.3 Å². The molecule has 10 heteroatoms. The van der Waals surface area contributed by atoms with Crippen LogP contribution in [0.25, 0.3) is 0 Å². The molecule has 50 heavy (non-hydrogen) atoms. The fraction of sp³-hybridized carbons (Fsp3) is 0.425. The number of allylic oxidation sites excluding steroid dienone is 5. The van der Waals surface area contributed by atoms with Crippen LogP contribution < -0.4 is 9.47 Å². The van der Waals surface area contributed by atoms with Crippen LogP contribution >= 0.6 is 0 Å². The first-order valence-electron chi connectivity index (χ1n) is 17.1. The molecule has 0 bridgehead atoms. The van der Waals surface area contributed by atoms with Gasteiger partial charge in [-0.05, 0) is 67.8 Å². The van der Waals surface area contributed by atoms with Gasteiger partial charge in [0.1, 0.15) is 30.3 Å². The second kappa shape index (κ2) is 19.4. The smallest absolute Gasteiger partial charge is 0.311 e. The van der Waals surface area contributed by atoms with E-state index in [1.807, 2.05) is 43.4 Å². The Morgan fingerprint density at radius 3 is 2.22 bits per heavy atom. The van der Waals surface area contributed by atoms with Gasteiger partial charge >= 0.3 is 17.9 Å². The number of carbonyl (C=O) groups excluding carboxylic acids is 4. The van der Waals surface area contributed by atoms with Crippen molar-refractivity contribution in [2.75, 3.05) is 19.8 Å². The van der Waals surface area contributed by atoms with Crippen molar-refractivity contribution in [2.45, 2.75) is 90.7 Å². The predicted octanol–water partition coefficient (Wildman–Crippen LogP) is 6.84. The maximum atomic E-state index is 13.0. The molecule has 3 rings (SSSR count). The zero-order valence-corrected chi connectivity index (χ0v) is 29.7. The fourth-order valence-corrected chi connectivity index (χ4v) is 5.15. The monoisotopic (exact) mass is 687 g/mol. The molecule has 1 N–H and O–H groups in total. The molecule has 1 aliphatic carbocycles. The van der Waals surface area contributed by atoms with E-state index in [-0.39, 0.29) is 50.6 Å². The van der Waals surface area contributed by atoms with Gasteiger partial charge in [-0.3, -0.25) is 24.2 Å². The molecule has 0 aliphatic heterocycles. The summed E-state index contributed by atoms with van der Waals surface area (Å²) in [5.41, 5.74) is 2.22. The lowest BCUT2D eigenvalue weighted by atomic mass is 9.88. The van der Waals surface area contributed by atoms with Crippen molar-refractivity contribution in [3.05, 3.63) is 95.6 Å². The van der Waals surface area contributed by atoms with E-state index in [4.69, 9.17) is 23.9 Å². The van der Waals surface area contributed by atoms with E-state index in [9.17, 15) is 24.3 Å². The Hall–Kier alpha value is -4.83. The first kappa shape index (κ1) is 39.6. The molecule has 0 amide bonds. The molecule has 0 fully saturated rings. The molecule has 2 aromatic rings. The Bertz CT molecular complexity index is 1600.